The topological polar surface area (TPSA) is 119 Å². The number of nitrogens with one attached hydrogen (secondary N) is 1. The molecule has 9 nitrogen and oxygen atoms in total. The average molecular weight is 548 g/mol. The van der Waals surface area contributed by atoms with Crippen LogP contribution in [0.2, 0.25) is 0 Å². The second-order valence-electron chi connectivity index (χ2n) is 9.85. The van der Waals surface area contributed by atoms with Crippen LogP contribution in [0.4, 0.5) is 6.01 Å². The number of ketones is 1. The number of hydrogen-bond donors (Lipinski definition) is 1. The Morgan fingerprint density at radius 3 is 2.52 bits per heavy atom. The number of thiazole rings is 1. The number of hydrogen-bond acceptors (Lipinski definition) is 10. The number of anilines is 1. The highest BCUT2D eigenvalue weighted by Gasteiger charge is 2.29. The third kappa shape index (κ3) is 4.71. The molecule has 5 aromatic rings. The number of rotatable bonds is 7. The van der Waals surface area contributed by atoms with Gasteiger partial charge in [0.1, 0.15) is 11.5 Å². The monoisotopic (exact) mass is 547 g/mol. The van der Waals surface area contributed by atoms with Gasteiger partial charge < -0.3 is 9.73 Å². The van der Waals surface area contributed by atoms with Crippen molar-refractivity contribution >= 4 is 28.8 Å². The van der Waals surface area contributed by atoms with Crippen molar-refractivity contribution in [2.45, 2.75) is 44.7 Å². The number of aliphatic imine (C=N–C) groups is 1. The van der Waals surface area contributed by atoms with Crippen LogP contribution in [-0.4, -0.2) is 42.8 Å². The van der Waals surface area contributed by atoms with Crippen LogP contribution in [0.3, 0.4) is 0 Å². The summed E-state index contributed by atoms with van der Waals surface area (Å²) in [5, 5.41) is 12.5. The number of fused-ring (bicyclic) bond motifs is 1. The lowest BCUT2D eigenvalue weighted by molar-refractivity contribution is -0.119. The Kier molecular flexibility index (Phi) is 6.24. The van der Waals surface area contributed by atoms with Gasteiger partial charge in [0.25, 0.3) is 5.89 Å². The van der Waals surface area contributed by atoms with Gasteiger partial charge in [-0.05, 0) is 24.8 Å². The van der Waals surface area contributed by atoms with Crippen LogP contribution in [0.15, 0.2) is 76.4 Å². The average Bonchev–Trinajstić information content (AvgIpc) is 3.62. The van der Waals surface area contributed by atoms with Crippen LogP contribution < -0.4 is 5.32 Å². The van der Waals surface area contributed by atoms with Gasteiger partial charge in [0.05, 0.1) is 15.6 Å². The number of aromatic nitrogens is 5. The minimum absolute atomic E-state index is 0.0892. The van der Waals surface area contributed by atoms with E-state index in [1.807, 2.05) is 67.0 Å². The third-order valence-corrected chi connectivity index (χ3v) is 8.23. The predicted molar refractivity (Wildman–Crippen MR) is 152 cm³/mol. The highest BCUT2D eigenvalue weighted by molar-refractivity contribution is 7.15. The number of Topliss-reactive ketones (excluding diaryl/α,β-unsaturated/α-hetero) is 1. The lowest BCUT2D eigenvalue weighted by Gasteiger charge is -2.11. The van der Waals surface area contributed by atoms with Crippen molar-refractivity contribution in [2.24, 2.45) is 4.99 Å². The summed E-state index contributed by atoms with van der Waals surface area (Å²) in [5.41, 5.74) is 4.97. The molecule has 0 amide bonds. The van der Waals surface area contributed by atoms with Crippen molar-refractivity contribution in [1.29, 1.82) is 0 Å². The zero-order chi connectivity index (χ0) is 27.1. The molecule has 0 unspecified atom stereocenters. The van der Waals surface area contributed by atoms with E-state index in [4.69, 9.17) is 14.4 Å². The van der Waals surface area contributed by atoms with Crippen molar-refractivity contribution < 1.29 is 9.21 Å². The molecule has 2 aliphatic rings. The Morgan fingerprint density at radius 2 is 1.75 bits per heavy atom. The van der Waals surface area contributed by atoms with Gasteiger partial charge >= 0.3 is 6.01 Å². The van der Waals surface area contributed by atoms with Crippen LogP contribution >= 0.6 is 11.3 Å². The second-order valence-corrected chi connectivity index (χ2v) is 10.9. The summed E-state index contributed by atoms with van der Waals surface area (Å²) in [6.45, 7) is 2.05. The zero-order valence-electron chi connectivity index (χ0n) is 21.7. The zero-order valence-corrected chi connectivity index (χ0v) is 22.6. The maximum absolute atomic E-state index is 13.3. The minimum atomic E-state index is -0.889. The Bertz CT molecular complexity index is 1720. The van der Waals surface area contributed by atoms with Crippen molar-refractivity contribution in [3.05, 3.63) is 94.5 Å². The first-order valence-electron chi connectivity index (χ1n) is 13.3. The summed E-state index contributed by atoms with van der Waals surface area (Å²) in [7, 11) is 0. The van der Waals surface area contributed by atoms with Crippen molar-refractivity contribution in [3.63, 3.8) is 0 Å². The minimum Gasteiger partial charge on any atom is -0.402 e. The summed E-state index contributed by atoms with van der Waals surface area (Å²) < 4.78 is 6.02. The van der Waals surface area contributed by atoms with Crippen LogP contribution in [0, 0.1) is 0 Å². The van der Waals surface area contributed by atoms with Gasteiger partial charge in [-0.3, -0.25) is 9.79 Å². The molecule has 4 heterocycles. The van der Waals surface area contributed by atoms with Crippen LogP contribution in [0.1, 0.15) is 53.2 Å². The van der Waals surface area contributed by atoms with E-state index in [1.54, 1.807) is 11.3 Å². The summed E-state index contributed by atoms with van der Waals surface area (Å²) >= 11 is 1.56. The van der Waals surface area contributed by atoms with Crippen molar-refractivity contribution in [2.75, 3.05) is 5.32 Å². The van der Waals surface area contributed by atoms with Gasteiger partial charge in [-0.2, -0.15) is 0 Å². The first kappa shape index (κ1) is 24.5. The largest absolute Gasteiger partial charge is 0.402 e. The molecule has 2 aromatic carbocycles. The fourth-order valence-corrected chi connectivity index (χ4v) is 5.73. The van der Waals surface area contributed by atoms with Gasteiger partial charge in [0.2, 0.25) is 0 Å². The van der Waals surface area contributed by atoms with Gasteiger partial charge in [-0.25, -0.2) is 15.0 Å². The molecule has 1 aliphatic heterocycles. The van der Waals surface area contributed by atoms with E-state index in [0.717, 1.165) is 62.9 Å². The molecule has 3 aromatic heterocycles. The molecule has 0 spiro atoms. The Labute approximate surface area is 234 Å². The molecule has 10 heteroatoms. The molecule has 0 bridgehead atoms. The molecule has 0 radical (unpaired) electrons. The van der Waals surface area contributed by atoms with E-state index >= 15 is 0 Å². The summed E-state index contributed by atoms with van der Waals surface area (Å²) in [6.07, 6.45) is 6.10. The predicted octanol–water partition coefficient (Wildman–Crippen LogP) is 5.49. The quantitative estimate of drug-likeness (QED) is 0.284. The first-order chi connectivity index (χ1) is 19.7. The molecule has 198 valence electrons. The normalized spacial score (nSPS) is 16.8. The van der Waals surface area contributed by atoms with Crippen LogP contribution in [0.5, 0.6) is 0 Å². The number of benzene rings is 2. The maximum atomic E-state index is 13.3. The molecular weight excluding hydrogens is 522 g/mol. The molecule has 1 aliphatic carbocycles. The molecule has 0 saturated heterocycles. The Morgan fingerprint density at radius 1 is 0.975 bits per heavy atom. The SMILES string of the molecule is CCc1nc(-c2nnc(N[C@H]3N=C(c4ccccc4)c4ccccc4CC3=O)o2)c(-c2cnc(C3CC3)nc2)s1. The van der Waals surface area contributed by atoms with Gasteiger partial charge in [0.15, 0.2) is 11.9 Å². The molecular formula is C30H25N7O2S. The summed E-state index contributed by atoms with van der Waals surface area (Å²) in [4.78, 5) is 32.9. The number of nitrogens with zero attached hydrogens (tertiary/aromatic N) is 6. The van der Waals surface area contributed by atoms with Crippen molar-refractivity contribution in [3.8, 4) is 22.0 Å². The van der Waals surface area contributed by atoms with E-state index in [0.29, 0.717) is 11.6 Å². The molecule has 1 saturated carbocycles. The highest BCUT2D eigenvalue weighted by Crippen LogP contribution is 2.40. The number of carbonyl (C=O) groups excluding carboxylic acids is 1. The lowest BCUT2D eigenvalue weighted by atomic mass is 9.96. The number of carbonyl (C=O) groups is 1. The maximum Gasteiger partial charge on any atom is 0.317 e. The van der Waals surface area contributed by atoms with E-state index in [9.17, 15) is 4.79 Å². The van der Waals surface area contributed by atoms with Crippen LogP contribution in [-0.2, 0) is 17.6 Å². The Hall–Kier alpha value is -4.57. The smallest absolute Gasteiger partial charge is 0.317 e. The van der Waals surface area contributed by atoms with E-state index in [1.165, 1.54) is 0 Å². The van der Waals surface area contributed by atoms with Gasteiger partial charge in [-0.1, -0.05) is 66.6 Å². The fraction of sp³-hybridized carbons (Fsp3) is 0.233. The van der Waals surface area contributed by atoms with Crippen LogP contribution in [0.25, 0.3) is 22.0 Å². The fourth-order valence-electron chi connectivity index (χ4n) is 4.76. The first-order valence-corrected chi connectivity index (χ1v) is 14.1. The third-order valence-electron chi connectivity index (χ3n) is 6.99. The van der Waals surface area contributed by atoms with E-state index < -0.39 is 6.17 Å². The van der Waals surface area contributed by atoms with E-state index in [2.05, 4.69) is 32.4 Å². The van der Waals surface area contributed by atoms with Gasteiger partial charge in [-0.15, -0.1) is 16.4 Å². The summed E-state index contributed by atoms with van der Waals surface area (Å²) in [6, 6.07) is 17.8. The Balaban J connectivity index is 1.21. The van der Waals surface area contributed by atoms with Gasteiger partial charge in [0, 0.05) is 41.4 Å². The number of aryl methyl sites for hydroxylation is 1. The standard InChI is InChI=1S/C30H25N7O2S/c1-2-23-33-25(26(40-23)20-15-31-27(32-16-20)18-12-13-18)29-36-37-30(39-29)35-28-22(38)14-19-10-6-7-11-21(19)24(34-28)17-8-4-3-5-9-17/h3-11,15-16,18,28H,2,12-14H2,1H3,(H,35,37)/t28-/m1/s1. The second kappa shape index (κ2) is 10.2. The summed E-state index contributed by atoms with van der Waals surface area (Å²) in [5.74, 6) is 1.54. The molecule has 7 rings (SSSR count). The van der Waals surface area contributed by atoms with E-state index in [-0.39, 0.29) is 24.1 Å². The molecule has 1 fully saturated rings. The molecule has 1 atom stereocenters. The molecule has 40 heavy (non-hydrogen) atoms. The highest BCUT2D eigenvalue weighted by atomic mass is 32.1. The molecule has 1 N–H and O–H groups in total. The van der Waals surface area contributed by atoms with Crippen molar-refractivity contribution in [1.82, 2.24) is 25.1 Å². The lowest BCUT2D eigenvalue weighted by Crippen LogP contribution is -2.29.